The Kier molecular flexibility index (Phi) is 5.02. The summed E-state index contributed by atoms with van der Waals surface area (Å²) in [5.74, 6) is -0.451. The van der Waals surface area contributed by atoms with E-state index in [2.05, 4.69) is 10.6 Å². The molecule has 110 valence electrons. The van der Waals surface area contributed by atoms with Crippen molar-refractivity contribution in [3.63, 3.8) is 0 Å². The van der Waals surface area contributed by atoms with E-state index in [0.717, 1.165) is 0 Å². The summed E-state index contributed by atoms with van der Waals surface area (Å²) in [6.07, 6.45) is 1.32. The third-order valence-corrected chi connectivity index (χ3v) is 2.97. The van der Waals surface area contributed by atoms with Gasteiger partial charge in [-0.25, -0.2) is 0 Å². The fraction of sp³-hybridized carbons (Fsp3) is 0. The van der Waals surface area contributed by atoms with Crippen LogP contribution in [0.1, 0.15) is 0 Å². The third-order valence-electron chi connectivity index (χ3n) is 2.72. The number of hydrogen-bond donors (Lipinski definition) is 3. The van der Waals surface area contributed by atoms with Crippen LogP contribution in [0.4, 0.5) is 11.4 Å². The second-order valence-corrected chi connectivity index (χ2v) is 4.76. The first-order chi connectivity index (χ1) is 10.6. The molecule has 22 heavy (non-hydrogen) atoms. The van der Waals surface area contributed by atoms with Crippen LogP contribution in [0.5, 0.6) is 5.75 Å². The molecular weight excluding hydrogens is 302 g/mol. The molecule has 6 heteroatoms. The minimum absolute atomic E-state index is 0.0805. The van der Waals surface area contributed by atoms with Crippen molar-refractivity contribution in [3.8, 4) is 11.8 Å². The zero-order valence-corrected chi connectivity index (χ0v) is 12.1. The Balaban J connectivity index is 2.05. The fourth-order valence-electron chi connectivity index (χ4n) is 1.59. The summed E-state index contributed by atoms with van der Waals surface area (Å²) >= 11 is 5.78. The number of nitriles is 1. The van der Waals surface area contributed by atoms with Crippen molar-refractivity contribution >= 4 is 28.9 Å². The molecule has 5 nitrogen and oxygen atoms in total. The molecule has 0 aliphatic carbocycles. The Labute approximate surface area is 132 Å². The number of amides is 1. The Hall–Kier alpha value is -2.97. The van der Waals surface area contributed by atoms with Gasteiger partial charge in [0.2, 0.25) is 0 Å². The first-order valence-corrected chi connectivity index (χ1v) is 6.69. The van der Waals surface area contributed by atoms with Crippen LogP contribution in [0, 0.1) is 11.3 Å². The number of benzene rings is 2. The van der Waals surface area contributed by atoms with Crippen LogP contribution in [-0.4, -0.2) is 11.0 Å². The summed E-state index contributed by atoms with van der Waals surface area (Å²) in [5.41, 5.74) is 1.10. The second kappa shape index (κ2) is 7.16. The molecule has 0 saturated heterocycles. The highest BCUT2D eigenvalue weighted by molar-refractivity contribution is 6.30. The Morgan fingerprint density at radius 2 is 1.68 bits per heavy atom. The molecule has 0 aliphatic heterocycles. The molecule has 1 amide bonds. The van der Waals surface area contributed by atoms with Gasteiger partial charge in [-0.05, 0) is 48.5 Å². The van der Waals surface area contributed by atoms with E-state index in [9.17, 15) is 9.90 Å². The summed E-state index contributed by atoms with van der Waals surface area (Å²) in [6.45, 7) is 0. The van der Waals surface area contributed by atoms with E-state index in [1.807, 2.05) is 6.07 Å². The molecule has 2 rings (SSSR count). The van der Waals surface area contributed by atoms with E-state index in [0.29, 0.717) is 16.4 Å². The Morgan fingerprint density at radius 3 is 2.27 bits per heavy atom. The van der Waals surface area contributed by atoms with Gasteiger partial charge in [-0.2, -0.15) is 5.26 Å². The zero-order valence-electron chi connectivity index (χ0n) is 11.4. The molecule has 0 heterocycles. The van der Waals surface area contributed by atoms with Crippen LogP contribution >= 0.6 is 11.6 Å². The number of carbonyl (C=O) groups excluding carboxylic acids is 1. The molecule has 0 aliphatic rings. The molecule has 0 fully saturated rings. The number of rotatable bonds is 4. The summed E-state index contributed by atoms with van der Waals surface area (Å²) in [5, 5.41) is 24.3. The number of anilines is 2. The number of nitrogens with one attached hydrogen (secondary N) is 2. The van der Waals surface area contributed by atoms with Gasteiger partial charge < -0.3 is 15.7 Å². The highest BCUT2D eigenvalue weighted by atomic mass is 35.5. The highest BCUT2D eigenvalue weighted by Crippen LogP contribution is 2.15. The van der Waals surface area contributed by atoms with Gasteiger partial charge >= 0.3 is 0 Å². The maximum Gasteiger partial charge on any atom is 0.267 e. The quantitative estimate of drug-likeness (QED) is 0.458. The molecule has 3 N–H and O–H groups in total. The third kappa shape index (κ3) is 4.27. The van der Waals surface area contributed by atoms with E-state index in [1.165, 1.54) is 30.5 Å². The lowest BCUT2D eigenvalue weighted by Gasteiger charge is -2.05. The van der Waals surface area contributed by atoms with Gasteiger partial charge in [-0.15, -0.1) is 0 Å². The maximum absolute atomic E-state index is 12.0. The molecule has 2 aromatic carbocycles. The number of nitrogens with zero attached hydrogens (tertiary/aromatic N) is 1. The molecule has 0 unspecified atom stereocenters. The predicted octanol–water partition coefficient (Wildman–Crippen LogP) is 3.50. The lowest BCUT2D eigenvalue weighted by Crippen LogP contribution is -2.14. The first-order valence-electron chi connectivity index (χ1n) is 6.31. The van der Waals surface area contributed by atoms with Crippen molar-refractivity contribution in [1.82, 2.24) is 0 Å². The first kappa shape index (κ1) is 15.4. The predicted molar refractivity (Wildman–Crippen MR) is 85.5 cm³/mol. The standard InChI is InChI=1S/C16H12ClN3O2/c17-12-1-3-13(4-2-12)19-10-11(9-18)16(22)20-14-5-7-15(21)8-6-14/h1-8,10,19,21H,(H,20,22)/b11-10-. The van der Waals surface area contributed by atoms with Crippen LogP contribution in [0.3, 0.4) is 0 Å². The number of aromatic hydroxyl groups is 1. The van der Waals surface area contributed by atoms with Gasteiger partial charge in [0, 0.05) is 22.6 Å². The average molecular weight is 314 g/mol. The molecule has 2 aromatic rings. The normalized spacial score (nSPS) is 10.6. The summed E-state index contributed by atoms with van der Waals surface area (Å²) in [6, 6.07) is 14.6. The molecule has 0 radical (unpaired) electrons. The van der Waals surface area contributed by atoms with Gasteiger partial charge in [-0.1, -0.05) is 11.6 Å². The van der Waals surface area contributed by atoms with Crippen LogP contribution < -0.4 is 10.6 Å². The zero-order chi connectivity index (χ0) is 15.9. The van der Waals surface area contributed by atoms with Crippen molar-refractivity contribution in [2.24, 2.45) is 0 Å². The van der Waals surface area contributed by atoms with E-state index < -0.39 is 5.91 Å². The Bertz CT molecular complexity index is 731. The molecular formula is C16H12ClN3O2. The number of phenolic OH excluding ortho intramolecular Hbond substituents is 1. The largest absolute Gasteiger partial charge is 0.508 e. The summed E-state index contributed by atoms with van der Waals surface area (Å²) in [7, 11) is 0. The maximum atomic E-state index is 12.0. The smallest absolute Gasteiger partial charge is 0.267 e. The van der Waals surface area contributed by atoms with Gasteiger partial charge in [0.25, 0.3) is 5.91 Å². The van der Waals surface area contributed by atoms with E-state index >= 15 is 0 Å². The van der Waals surface area contributed by atoms with Gasteiger partial charge in [0.15, 0.2) is 0 Å². The van der Waals surface area contributed by atoms with Crippen LogP contribution in [0.25, 0.3) is 0 Å². The highest BCUT2D eigenvalue weighted by Gasteiger charge is 2.09. The monoisotopic (exact) mass is 313 g/mol. The topological polar surface area (TPSA) is 85.2 Å². The van der Waals surface area contributed by atoms with Crippen molar-refractivity contribution in [1.29, 1.82) is 5.26 Å². The molecule has 0 saturated carbocycles. The average Bonchev–Trinajstić information content (AvgIpc) is 2.52. The van der Waals surface area contributed by atoms with Gasteiger partial charge in [0.05, 0.1) is 0 Å². The summed E-state index contributed by atoms with van der Waals surface area (Å²) < 4.78 is 0. The molecule has 0 aromatic heterocycles. The Morgan fingerprint density at radius 1 is 1.09 bits per heavy atom. The minimum Gasteiger partial charge on any atom is -0.508 e. The van der Waals surface area contributed by atoms with Crippen LogP contribution in [0.2, 0.25) is 5.02 Å². The second-order valence-electron chi connectivity index (χ2n) is 4.32. The van der Waals surface area contributed by atoms with Crippen molar-refractivity contribution in [2.75, 3.05) is 10.6 Å². The van der Waals surface area contributed by atoms with E-state index in [4.69, 9.17) is 16.9 Å². The number of carbonyl (C=O) groups is 1. The lowest BCUT2D eigenvalue weighted by atomic mass is 10.2. The minimum atomic E-state index is -0.547. The summed E-state index contributed by atoms with van der Waals surface area (Å²) in [4.78, 5) is 12.0. The van der Waals surface area contributed by atoms with E-state index in [-0.39, 0.29) is 11.3 Å². The lowest BCUT2D eigenvalue weighted by molar-refractivity contribution is -0.112. The van der Waals surface area contributed by atoms with Crippen molar-refractivity contribution < 1.29 is 9.90 Å². The van der Waals surface area contributed by atoms with Gasteiger partial charge in [0.1, 0.15) is 17.4 Å². The van der Waals surface area contributed by atoms with Crippen molar-refractivity contribution in [2.45, 2.75) is 0 Å². The molecule has 0 atom stereocenters. The van der Waals surface area contributed by atoms with Crippen LogP contribution in [0.15, 0.2) is 60.3 Å². The number of halogens is 1. The molecule has 0 bridgehead atoms. The fourth-order valence-corrected chi connectivity index (χ4v) is 1.72. The number of hydrogen-bond acceptors (Lipinski definition) is 4. The van der Waals surface area contributed by atoms with Crippen molar-refractivity contribution in [3.05, 3.63) is 65.3 Å². The van der Waals surface area contributed by atoms with E-state index in [1.54, 1.807) is 24.3 Å². The van der Waals surface area contributed by atoms with Gasteiger partial charge in [-0.3, -0.25) is 4.79 Å². The molecule has 0 spiro atoms. The SMILES string of the molecule is N#C/C(=C/Nc1ccc(Cl)cc1)C(=O)Nc1ccc(O)cc1. The number of phenols is 1. The van der Waals surface area contributed by atoms with Crippen LogP contribution in [-0.2, 0) is 4.79 Å².